The number of esters is 2. The third kappa shape index (κ3) is 32.0. The van der Waals surface area contributed by atoms with Crippen LogP contribution in [0, 0.1) is 0 Å². The summed E-state index contributed by atoms with van der Waals surface area (Å²) in [6.45, 7) is 2.52. The first-order chi connectivity index (χ1) is 35.5. The third-order valence-electron chi connectivity index (χ3n) is 13.5. The van der Waals surface area contributed by atoms with Crippen LogP contribution in [0.1, 0.15) is 213 Å². The van der Waals surface area contributed by atoms with Crippen molar-refractivity contribution in [2.45, 2.75) is 280 Å². The van der Waals surface area contributed by atoms with Gasteiger partial charge in [-0.1, -0.05) is 197 Å². The fourth-order valence-electron chi connectivity index (χ4n) is 8.86. The first-order valence-electron chi connectivity index (χ1n) is 28.7. The largest absolute Gasteiger partial charge is 0.462 e. The van der Waals surface area contributed by atoms with Crippen LogP contribution in [0.15, 0.2) is 48.6 Å². The van der Waals surface area contributed by atoms with Gasteiger partial charge in [-0.3, -0.25) is 9.59 Å². The molecule has 0 aromatic heterocycles. The lowest BCUT2D eigenvalue weighted by Crippen LogP contribution is -2.61. The zero-order chi connectivity index (χ0) is 53.2. The number of aliphatic hydroxyl groups excluding tert-OH is 7. The molecule has 2 rings (SSSR count). The summed E-state index contributed by atoms with van der Waals surface area (Å²) in [6, 6.07) is 0. The van der Waals surface area contributed by atoms with Crippen LogP contribution in [0.25, 0.3) is 0 Å². The number of carbonyl (C=O) groups is 2. The highest BCUT2D eigenvalue weighted by molar-refractivity contribution is 5.70. The van der Waals surface area contributed by atoms with Gasteiger partial charge in [0.2, 0.25) is 0 Å². The molecule has 2 aliphatic heterocycles. The highest BCUT2D eigenvalue weighted by atomic mass is 16.7. The van der Waals surface area contributed by atoms with Gasteiger partial charge in [-0.05, 0) is 51.4 Å². The van der Waals surface area contributed by atoms with E-state index in [0.29, 0.717) is 12.8 Å². The second kappa shape index (κ2) is 44.6. The number of carbonyl (C=O) groups excluding carboxylic acids is 2. The summed E-state index contributed by atoms with van der Waals surface area (Å²) in [5.74, 6) is -0.954. The molecule has 2 aliphatic rings. The van der Waals surface area contributed by atoms with Crippen molar-refractivity contribution in [3.05, 3.63) is 48.6 Å². The minimum Gasteiger partial charge on any atom is -0.462 e. The molecule has 0 radical (unpaired) electrons. The second-order valence-electron chi connectivity index (χ2n) is 20.1. The summed E-state index contributed by atoms with van der Waals surface area (Å²) in [4.78, 5) is 25.9. The first kappa shape index (κ1) is 66.6. The molecule has 7 N–H and O–H groups in total. The van der Waals surface area contributed by atoms with E-state index >= 15 is 0 Å². The van der Waals surface area contributed by atoms with Crippen molar-refractivity contribution >= 4 is 11.9 Å². The standard InChI is InChI=1S/C58H102O15/c1-3-5-7-9-11-13-15-17-19-21-22-23-25-27-29-31-33-35-37-39-41-50(61)71-46(43-68-49(60)40-38-36-34-32-30-28-26-24-20-18-16-14-12-10-8-6-4-2)44-69-57-56(67)54(65)52(63)48(73-57)45-70-58-55(66)53(64)51(62)47(42-59)72-58/h8,10,14,16,20,24,28,30,46-48,51-59,62-67H,3-7,9,11-13,15,17-19,21-23,25-27,29,31-45H2,1-2H3/b10-8+,16-14+,24-20+,30-28+/t46-,47+,48+,51-,52-,53?,54?,55?,56?,57+,58+/m1/s1. The van der Waals surface area contributed by atoms with Crippen LogP contribution >= 0.6 is 0 Å². The van der Waals surface area contributed by atoms with Gasteiger partial charge in [-0.2, -0.15) is 0 Å². The normalized spacial score (nSPS) is 25.2. The van der Waals surface area contributed by atoms with E-state index < -0.39 is 99.3 Å². The van der Waals surface area contributed by atoms with E-state index in [0.717, 1.165) is 64.2 Å². The Morgan fingerprint density at radius 3 is 1.34 bits per heavy atom. The Bertz CT molecular complexity index is 1450. The van der Waals surface area contributed by atoms with Crippen molar-refractivity contribution in [2.24, 2.45) is 0 Å². The molecule has 2 heterocycles. The van der Waals surface area contributed by atoms with Crippen molar-refractivity contribution in [3.8, 4) is 0 Å². The number of hydrogen-bond donors (Lipinski definition) is 7. The molecule has 0 spiro atoms. The summed E-state index contributed by atoms with van der Waals surface area (Å²) in [7, 11) is 0. The first-order valence-corrected chi connectivity index (χ1v) is 28.7. The Morgan fingerprint density at radius 1 is 0.438 bits per heavy atom. The topological polar surface area (TPSA) is 231 Å². The van der Waals surface area contributed by atoms with E-state index in [-0.39, 0.29) is 19.4 Å². The highest BCUT2D eigenvalue weighted by Gasteiger charge is 2.47. The quantitative estimate of drug-likeness (QED) is 0.0171. The molecule has 0 bridgehead atoms. The molecule has 73 heavy (non-hydrogen) atoms. The van der Waals surface area contributed by atoms with Gasteiger partial charge in [0.1, 0.15) is 55.4 Å². The smallest absolute Gasteiger partial charge is 0.306 e. The average Bonchev–Trinajstić information content (AvgIpc) is 3.38. The van der Waals surface area contributed by atoms with Crippen molar-refractivity contribution in [1.29, 1.82) is 0 Å². The fraction of sp³-hybridized carbons (Fsp3) is 0.828. The molecule has 0 aromatic rings. The van der Waals surface area contributed by atoms with Gasteiger partial charge in [0.05, 0.1) is 19.8 Å². The number of ether oxygens (including phenoxy) is 6. The predicted octanol–water partition coefficient (Wildman–Crippen LogP) is 9.44. The summed E-state index contributed by atoms with van der Waals surface area (Å²) in [6.07, 6.45) is 34.2. The van der Waals surface area contributed by atoms with Crippen LogP contribution in [-0.2, 0) is 38.0 Å². The Hall–Kier alpha value is -2.54. The van der Waals surface area contributed by atoms with Gasteiger partial charge >= 0.3 is 11.9 Å². The van der Waals surface area contributed by atoms with Gasteiger partial charge in [0.15, 0.2) is 18.7 Å². The molecule has 0 amide bonds. The highest BCUT2D eigenvalue weighted by Crippen LogP contribution is 2.27. The van der Waals surface area contributed by atoms with Crippen LogP contribution in [-0.4, -0.2) is 142 Å². The number of unbranched alkanes of at least 4 members (excludes halogenated alkanes) is 23. The summed E-state index contributed by atoms with van der Waals surface area (Å²) < 4.78 is 33.7. The molecular weight excluding hydrogens is 937 g/mol. The zero-order valence-corrected chi connectivity index (χ0v) is 45.1. The van der Waals surface area contributed by atoms with Crippen molar-refractivity contribution in [1.82, 2.24) is 0 Å². The van der Waals surface area contributed by atoms with E-state index in [4.69, 9.17) is 28.4 Å². The molecule has 0 aliphatic carbocycles. The van der Waals surface area contributed by atoms with Crippen molar-refractivity contribution in [3.63, 3.8) is 0 Å². The fourth-order valence-corrected chi connectivity index (χ4v) is 8.86. The van der Waals surface area contributed by atoms with E-state index in [1.54, 1.807) is 0 Å². The summed E-state index contributed by atoms with van der Waals surface area (Å²) in [5, 5.41) is 72.3. The maximum Gasteiger partial charge on any atom is 0.306 e. The number of hydrogen-bond acceptors (Lipinski definition) is 15. The van der Waals surface area contributed by atoms with Crippen LogP contribution < -0.4 is 0 Å². The second-order valence-corrected chi connectivity index (χ2v) is 20.1. The van der Waals surface area contributed by atoms with Crippen LogP contribution in [0.4, 0.5) is 0 Å². The van der Waals surface area contributed by atoms with Crippen molar-refractivity contribution < 1.29 is 73.8 Å². The Kier molecular flexibility index (Phi) is 40.6. The molecule has 15 heteroatoms. The van der Waals surface area contributed by atoms with E-state index in [9.17, 15) is 45.3 Å². The molecule has 15 nitrogen and oxygen atoms in total. The monoisotopic (exact) mass is 1040 g/mol. The molecule has 11 atom stereocenters. The predicted molar refractivity (Wildman–Crippen MR) is 284 cm³/mol. The SMILES string of the molecule is CCC/C=C/C/C=C/C/C=C/C/C=C/CCCCCC(=O)OC[C@H](CO[C@H]1O[C@@H](CO[C@H]2O[C@@H](CO)[C@@H](O)C(O)C2O)[C@@H](O)C(O)C1O)OC(=O)CCCCCCCCCCCCCCCCCCCCCC. The Labute approximate surface area is 439 Å². The van der Waals surface area contributed by atoms with Crippen LogP contribution in [0.3, 0.4) is 0 Å². The number of rotatable bonds is 45. The van der Waals surface area contributed by atoms with E-state index in [1.165, 1.54) is 109 Å². The lowest BCUT2D eigenvalue weighted by Gasteiger charge is -2.42. The third-order valence-corrected chi connectivity index (χ3v) is 13.5. The van der Waals surface area contributed by atoms with Gasteiger partial charge in [0, 0.05) is 12.8 Å². The molecule has 424 valence electrons. The maximum atomic E-state index is 13.1. The molecule has 2 saturated heterocycles. The van der Waals surface area contributed by atoms with Crippen LogP contribution in [0.2, 0.25) is 0 Å². The van der Waals surface area contributed by atoms with E-state index in [1.807, 2.05) is 0 Å². The molecule has 0 aromatic carbocycles. The van der Waals surface area contributed by atoms with Gasteiger partial charge < -0.3 is 64.2 Å². The lowest BCUT2D eigenvalue weighted by atomic mass is 9.98. The number of allylic oxidation sites excluding steroid dienone is 8. The maximum absolute atomic E-state index is 13.1. The molecule has 4 unspecified atom stereocenters. The van der Waals surface area contributed by atoms with Crippen LogP contribution in [0.5, 0.6) is 0 Å². The molecule has 2 fully saturated rings. The summed E-state index contributed by atoms with van der Waals surface area (Å²) >= 11 is 0. The Balaban J connectivity index is 1.77. The van der Waals surface area contributed by atoms with Gasteiger partial charge in [-0.15, -0.1) is 0 Å². The Morgan fingerprint density at radius 2 is 0.849 bits per heavy atom. The average molecular weight is 1040 g/mol. The molecule has 0 saturated carbocycles. The zero-order valence-electron chi connectivity index (χ0n) is 45.1. The van der Waals surface area contributed by atoms with Crippen molar-refractivity contribution in [2.75, 3.05) is 26.4 Å². The minimum atomic E-state index is -1.77. The summed E-state index contributed by atoms with van der Waals surface area (Å²) in [5.41, 5.74) is 0. The number of aliphatic hydroxyl groups is 7. The van der Waals surface area contributed by atoms with Gasteiger partial charge in [-0.25, -0.2) is 0 Å². The van der Waals surface area contributed by atoms with Gasteiger partial charge in [0.25, 0.3) is 0 Å². The lowest BCUT2D eigenvalue weighted by molar-refractivity contribution is -0.332. The minimum absolute atomic E-state index is 0.160. The van der Waals surface area contributed by atoms with E-state index in [2.05, 4.69) is 62.5 Å². The molecular formula is C58H102O15.